The van der Waals surface area contributed by atoms with Crippen LogP contribution in [0.4, 0.5) is 8.78 Å². The highest BCUT2D eigenvalue weighted by Gasteiger charge is 2.22. The number of amides is 1. The average molecular weight is 555 g/mol. The number of hydrogen-bond donors (Lipinski definition) is 2. The van der Waals surface area contributed by atoms with Crippen molar-refractivity contribution in [2.45, 2.75) is 25.5 Å². The summed E-state index contributed by atoms with van der Waals surface area (Å²) in [7, 11) is 0. The number of aromatic amines is 1. The Morgan fingerprint density at radius 3 is 2.20 bits per heavy atom. The van der Waals surface area contributed by atoms with Gasteiger partial charge in [0, 0.05) is 23.5 Å². The first-order chi connectivity index (χ1) is 19.9. The number of ketones is 1. The fourth-order valence-electron chi connectivity index (χ4n) is 4.44. The van der Waals surface area contributed by atoms with Gasteiger partial charge in [-0.3, -0.25) is 9.59 Å². The van der Waals surface area contributed by atoms with Crippen molar-refractivity contribution in [2.75, 3.05) is 6.61 Å². The fourth-order valence-corrected chi connectivity index (χ4v) is 4.44. The van der Waals surface area contributed by atoms with Crippen molar-refractivity contribution in [3.05, 3.63) is 132 Å². The minimum Gasteiger partial charge on any atom is -0.457 e. The number of halogens is 2. The molecular formula is C33H28F2N2O4. The first-order valence-electron chi connectivity index (χ1n) is 13.1. The van der Waals surface area contributed by atoms with Crippen LogP contribution in [0.3, 0.4) is 0 Å². The molecule has 6 nitrogen and oxygen atoms in total. The van der Waals surface area contributed by atoms with Crippen LogP contribution in [0.5, 0.6) is 11.5 Å². The van der Waals surface area contributed by atoms with Gasteiger partial charge in [0.1, 0.15) is 29.2 Å². The third-order valence-corrected chi connectivity index (χ3v) is 6.55. The van der Waals surface area contributed by atoms with Crippen LogP contribution in [0.1, 0.15) is 16.7 Å². The van der Waals surface area contributed by atoms with E-state index in [1.54, 1.807) is 36.5 Å². The molecule has 0 fully saturated rings. The molecule has 1 aromatic heterocycles. The van der Waals surface area contributed by atoms with Gasteiger partial charge in [0.15, 0.2) is 5.78 Å². The molecule has 41 heavy (non-hydrogen) atoms. The molecule has 0 radical (unpaired) electrons. The van der Waals surface area contributed by atoms with Gasteiger partial charge < -0.3 is 19.8 Å². The number of ether oxygens (including phenoxy) is 2. The van der Waals surface area contributed by atoms with Gasteiger partial charge in [-0.25, -0.2) is 8.78 Å². The number of aromatic nitrogens is 1. The fraction of sp³-hybridized carbons (Fsp3) is 0.152. The molecule has 0 bridgehead atoms. The van der Waals surface area contributed by atoms with Gasteiger partial charge in [-0.1, -0.05) is 42.5 Å². The van der Waals surface area contributed by atoms with Gasteiger partial charge in [0.05, 0.1) is 19.6 Å². The maximum Gasteiger partial charge on any atom is 0.225 e. The van der Waals surface area contributed by atoms with E-state index in [9.17, 15) is 18.4 Å². The van der Waals surface area contributed by atoms with E-state index in [1.165, 1.54) is 36.4 Å². The predicted molar refractivity (Wildman–Crippen MR) is 152 cm³/mol. The molecule has 5 aromatic rings. The maximum absolute atomic E-state index is 13.8. The Morgan fingerprint density at radius 1 is 0.780 bits per heavy atom. The maximum atomic E-state index is 13.8. The number of carbonyl (C=O) groups is 2. The van der Waals surface area contributed by atoms with E-state index in [2.05, 4.69) is 10.3 Å². The minimum absolute atomic E-state index is 0.00621. The Labute approximate surface area is 235 Å². The topological polar surface area (TPSA) is 80.4 Å². The third-order valence-electron chi connectivity index (χ3n) is 6.55. The van der Waals surface area contributed by atoms with Crippen LogP contribution in [-0.2, 0) is 33.8 Å². The second-order valence-electron chi connectivity index (χ2n) is 9.64. The molecule has 0 aliphatic rings. The number of H-pyrrole nitrogens is 1. The lowest BCUT2D eigenvalue weighted by Crippen LogP contribution is -2.45. The Hall–Kier alpha value is -4.82. The minimum atomic E-state index is -0.886. The van der Waals surface area contributed by atoms with E-state index in [0.29, 0.717) is 22.4 Å². The zero-order valence-electron chi connectivity index (χ0n) is 22.1. The van der Waals surface area contributed by atoms with Crippen molar-refractivity contribution in [3.8, 4) is 11.5 Å². The van der Waals surface area contributed by atoms with Crippen LogP contribution >= 0.6 is 0 Å². The van der Waals surface area contributed by atoms with E-state index >= 15 is 0 Å². The molecule has 1 heterocycles. The molecule has 0 spiro atoms. The van der Waals surface area contributed by atoms with Crippen LogP contribution in [-0.4, -0.2) is 29.3 Å². The molecule has 0 aliphatic carbocycles. The summed E-state index contributed by atoms with van der Waals surface area (Å²) in [5, 5.41) is 3.43. The van der Waals surface area contributed by atoms with Gasteiger partial charge in [0.25, 0.3) is 0 Å². The Morgan fingerprint density at radius 2 is 1.46 bits per heavy atom. The van der Waals surface area contributed by atoms with Crippen molar-refractivity contribution in [3.63, 3.8) is 0 Å². The van der Waals surface area contributed by atoms with Crippen molar-refractivity contribution < 1.29 is 27.8 Å². The highest BCUT2D eigenvalue weighted by atomic mass is 19.1. The largest absolute Gasteiger partial charge is 0.457 e. The van der Waals surface area contributed by atoms with Gasteiger partial charge in [-0.05, 0) is 71.3 Å². The standard InChI is InChI=1S/C33H28F2N2O4/c34-25-8-13-28(14-9-25)41-27-11-6-22(7-12-27)16-32(38)31(21-40-20-23-4-2-1-3-5-23)37-33(39)17-24-19-36-30-15-10-26(35)18-29(24)30/h1-15,18-19,31,36H,16-17,20-21H2,(H,37,39)/t31-/m0/s1. The summed E-state index contributed by atoms with van der Waals surface area (Å²) < 4.78 is 38.5. The number of benzene rings is 4. The molecule has 5 rings (SSSR count). The number of fused-ring (bicyclic) bond motifs is 1. The Balaban J connectivity index is 1.24. The lowest BCUT2D eigenvalue weighted by Gasteiger charge is -2.18. The summed E-state index contributed by atoms with van der Waals surface area (Å²) in [5.41, 5.74) is 3.03. The van der Waals surface area contributed by atoms with E-state index in [1.807, 2.05) is 30.3 Å². The summed E-state index contributed by atoms with van der Waals surface area (Å²) >= 11 is 0. The summed E-state index contributed by atoms with van der Waals surface area (Å²) in [6, 6.07) is 25.7. The van der Waals surface area contributed by atoms with Crippen LogP contribution < -0.4 is 10.1 Å². The summed E-state index contributed by atoms with van der Waals surface area (Å²) in [6.07, 6.45) is 1.71. The van der Waals surface area contributed by atoms with Crippen LogP contribution in [0, 0.1) is 11.6 Å². The monoisotopic (exact) mass is 554 g/mol. The Bertz CT molecular complexity index is 1620. The van der Waals surface area contributed by atoms with E-state index in [4.69, 9.17) is 9.47 Å². The van der Waals surface area contributed by atoms with Gasteiger partial charge in [-0.15, -0.1) is 0 Å². The molecule has 2 N–H and O–H groups in total. The van der Waals surface area contributed by atoms with Crippen LogP contribution in [0.2, 0.25) is 0 Å². The molecule has 0 saturated heterocycles. The molecular weight excluding hydrogens is 526 g/mol. The molecule has 4 aromatic carbocycles. The Kier molecular flexibility index (Phi) is 8.81. The second-order valence-corrected chi connectivity index (χ2v) is 9.64. The van der Waals surface area contributed by atoms with Crippen LogP contribution in [0.15, 0.2) is 103 Å². The highest BCUT2D eigenvalue weighted by Crippen LogP contribution is 2.23. The van der Waals surface area contributed by atoms with E-state index < -0.39 is 11.9 Å². The summed E-state index contributed by atoms with van der Waals surface area (Å²) in [5.74, 6) is -0.305. The number of carbonyl (C=O) groups excluding carboxylic acids is 2. The number of nitrogens with one attached hydrogen (secondary N) is 2. The average Bonchev–Trinajstić information content (AvgIpc) is 3.36. The molecule has 1 amide bonds. The zero-order chi connectivity index (χ0) is 28.6. The summed E-state index contributed by atoms with van der Waals surface area (Å²) in [4.78, 5) is 29.4. The van der Waals surface area contributed by atoms with Crippen molar-refractivity contribution in [1.29, 1.82) is 0 Å². The van der Waals surface area contributed by atoms with E-state index in [-0.39, 0.29) is 43.6 Å². The quantitative estimate of drug-likeness (QED) is 0.190. The molecule has 0 aliphatic heterocycles. The predicted octanol–water partition coefficient (Wildman–Crippen LogP) is 6.29. The van der Waals surface area contributed by atoms with Gasteiger partial charge in [-0.2, -0.15) is 0 Å². The first kappa shape index (κ1) is 27.7. The lowest BCUT2D eigenvalue weighted by molar-refractivity contribution is -0.128. The van der Waals surface area contributed by atoms with Gasteiger partial charge in [0.2, 0.25) is 5.91 Å². The lowest BCUT2D eigenvalue weighted by atomic mass is 10.0. The van der Waals surface area contributed by atoms with Crippen molar-refractivity contribution >= 4 is 22.6 Å². The molecule has 1 atom stereocenters. The number of hydrogen-bond acceptors (Lipinski definition) is 4. The number of rotatable bonds is 12. The molecule has 0 saturated carbocycles. The SMILES string of the molecule is O=C(Cc1c[nH]c2ccc(F)cc12)N[C@@H](COCc1ccccc1)C(=O)Cc1ccc(Oc2ccc(F)cc2)cc1. The van der Waals surface area contributed by atoms with Gasteiger partial charge >= 0.3 is 0 Å². The second kappa shape index (κ2) is 13.0. The molecule has 208 valence electrons. The molecule has 8 heteroatoms. The van der Waals surface area contributed by atoms with Crippen LogP contribution in [0.25, 0.3) is 10.9 Å². The zero-order valence-corrected chi connectivity index (χ0v) is 22.1. The number of Topliss-reactive ketones (excluding diaryl/α,β-unsaturated/α-hetero) is 1. The third kappa shape index (κ3) is 7.64. The molecule has 0 unspecified atom stereocenters. The summed E-state index contributed by atoms with van der Waals surface area (Å²) in [6.45, 7) is 0.283. The van der Waals surface area contributed by atoms with Crippen molar-refractivity contribution in [1.82, 2.24) is 10.3 Å². The van der Waals surface area contributed by atoms with Crippen molar-refractivity contribution in [2.24, 2.45) is 0 Å². The van der Waals surface area contributed by atoms with E-state index in [0.717, 1.165) is 16.6 Å². The normalized spacial score (nSPS) is 11.8. The highest BCUT2D eigenvalue weighted by molar-refractivity contribution is 5.93. The smallest absolute Gasteiger partial charge is 0.225 e. The first-order valence-corrected chi connectivity index (χ1v) is 13.1.